The van der Waals surface area contributed by atoms with Gasteiger partial charge in [-0.2, -0.15) is 0 Å². The number of rotatable bonds is 5. The van der Waals surface area contributed by atoms with Crippen molar-refractivity contribution in [2.45, 2.75) is 0 Å². The zero-order valence-corrected chi connectivity index (χ0v) is 12.2. The van der Waals surface area contributed by atoms with Crippen molar-refractivity contribution in [1.82, 2.24) is 4.98 Å². The first-order valence-electron chi connectivity index (χ1n) is 6.18. The van der Waals surface area contributed by atoms with Gasteiger partial charge in [-0.15, -0.1) is 11.3 Å². The fraction of sp³-hybridized carbons (Fsp3) is 0.214. The van der Waals surface area contributed by atoms with Gasteiger partial charge in [0, 0.05) is 18.1 Å². The van der Waals surface area contributed by atoms with Crippen LogP contribution in [0.5, 0.6) is 0 Å². The molecule has 0 aliphatic carbocycles. The molecule has 0 aliphatic heterocycles. The second-order valence-corrected chi connectivity index (χ2v) is 4.84. The SMILES string of the molecule is COCCOC(=O)C(=O)Nc1nc(-c2ccccc2)cs1. The van der Waals surface area contributed by atoms with Crippen LogP contribution in [0.15, 0.2) is 35.7 Å². The summed E-state index contributed by atoms with van der Waals surface area (Å²) in [6.45, 7) is 0.282. The minimum absolute atomic E-state index is 0.0376. The first-order chi connectivity index (χ1) is 10.2. The predicted molar refractivity (Wildman–Crippen MR) is 79.0 cm³/mol. The Balaban J connectivity index is 1.93. The van der Waals surface area contributed by atoms with Gasteiger partial charge >= 0.3 is 11.9 Å². The molecule has 1 aromatic heterocycles. The number of carbonyl (C=O) groups is 2. The van der Waals surface area contributed by atoms with E-state index in [1.807, 2.05) is 30.3 Å². The topological polar surface area (TPSA) is 77.5 Å². The van der Waals surface area contributed by atoms with Gasteiger partial charge in [0.05, 0.1) is 12.3 Å². The third-order valence-corrected chi connectivity index (χ3v) is 3.26. The van der Waals surface area contributed by atoms with Crippen molar-refractivity contribution >= 4 is 28.3 Å². The molecule has 1 amide bonds. The van der Waals surface area contributed by atoms with E-state index in [4.69, 9.17) is 9.47 Å². The van der Waals surface area contributed by atoms with Gasteiger partial charge in [-0.25, -0.2) is 9.78 Å². The van der Waals surface area contributed by atoms with E-state index in [1.165, 1.54) is 18.4 Å². The van der Waals surface area contributed by atoms with Crippen LogP contribution in [0.1, 0.15) is 0 Å². The van der Waals surface area contributed by atoms with Crippen molar-refractivity contribution in [3.8, 4) is 11.3 Å². The van der Waals surface area contributed by atoms with Gasteiger partial charge in [0.2, 0.25) is 0 Å². The molecule has 0 saturated heterocycles. The Morgan fingerprint density at radius 3 is 2.71 bits per heavy atom. The minimum atomic E-state index is -0.955. The maximum atomic E-state index is 11.6. The van der Waals surface area contributed by atoms with Crippen LogP contribution in [0.4, 0.5) is 5.13 Å². The number of aromatic nitrogens is 1. The zero-order valence-electron chi connectivity index (χ0n) is 11.4. The van der Waals surface area contributed by atoms with Crippen LogP contribution in [0, 0.1) is 0 Å². The highest BCUT2D eigenvalue weighted by molar-refractivity contribution is 7.14. The summed E-state index contributed by atoms with van der Waals surface area (Å²) in [5, 5.41) is 4.57. The Hall–Kier alpha value is -2.25. The largest absolute Gasteiger partial charge is 0.456 e. The van der Waals surface area contributed by atoms with E-state index in [-0.39, 0.29) is 13.2 Å². The molecule has 2 rings (SSSR count). The summed E-state index contributed by atoms with van der Waals surface area (Å²) in [5.74, 6) is -1.80. The Bertz CT molecular complexity index is 612. The minimum Gasteiger partial charge on any atom is -0.456 e. The molecule has 1 heterocycles. The maximum absolute atomic E-state index is 11.6. The molecular weight excluding hydrogens is 292 g/mol. The van der Waals surface area contributed by atoms with E-state index < -0.39 is 11.9 Å². The first kappa shape index (κ1) is 15.1. The summed E-state index contributed by atoms with van der Waals surface area (Å²) < 4.78 is 9.43. The number of esters is 1. The fourth-order valence-electron chi connectivity index (χ4n) is 1.50. The summed E-state index contributed by atoms with van der Waals surface area (Å²) >= 11 is 1.24. The van der Waals surface area contributed by atoms with Crippen LogP contribution in [0.3, 0.4) is 0 Å². The van der Waals surface area contributed by atoms with E-state index in [1.54, 1.807) is 5.38 Å². The molecule has 0 radical (unpaired) electrons. The highest BCUT2D eigenvalue weighted by Gasteiger charge is 2.17. The van der Waals surface area contributed by atoms with Gasteiger partial charge in [-0.1, -0.05) is 30.3 Å². The standard InChI is InChI=1S/C14H14N2O4S/c1-19-7-8-20-13(18)12(17)16-14-15-11(9-21-14)10-5-3-2-4-6-10/h2-6,9H,7-8H2,1H3,(H,15,16,17). The monoisotopic (exact) mass is 306 g/mol. The average molecular weight is 306 g/mol. The molecule has 6 nitrogen and oxygen atoms in total. The number of amides is 1. The lowest BCUT2D eigenvalue weighted by atomic mass is 10.2. The summed E-state index contributed by atoms with van der Waals surface area (Å²) in [7, 11) is 1.48. The number of hydrogen-bond donors (Lipinski definition) is 1. The summed E-state index contributed by atoms with van der Waals surface area (Å²) in [6.07, 6.45) is 0. The van der Waals surface area contributed by atoms with Gasteiger partial charge in [0.25, 0.3) is 0 Å². The predicted octanol–water partition coefficient (Wildman–Crippen LogP) is 1.94. The fourth-order valence-corrected chi connectivity index (χ4v) is 2.22. The maximum Gasteiger partial charge on any atom is 0.397 e. The van der Waals surface area contributed by atoms with E-state index in [2.05, 4.69) is 10.3 Å². The van der Waals surface area contributed by atoms with Crippen LogP contribution in [-0.4, -0.2) is 37.2 Å². The van der Waals surface area contributed by atoms with Crippen LogP contribution in [-0.2, 0) is 19.1 Å². The number of methoxy groups -OCH3 is 1. The number of anilines is 1. The molecule has 0 aliphatic rings. The lowest BCUT2D eigenvalue weighted by Crippen LogP contribution is -2.26. The van der Waals surface area contributed by atoms with Crippen molar-refractivity contribution in [3.05, 3.63) is 35.7 Å². The van der Waals surface area contributed by atoms with Crippen LogP contribution >= 0.6 is 11.3 Å². The molecule has 0 unspecified atom stereocenters. The molecule has 0 fully saturated rings. The van der Waals surface area contributed by atoms with Crippen LogP contribution in [0.25, 0.3) is 11.3 Å². The molecule has 0 spiro atoms. The second-order valence-electron chi connectivity index (χ2n) is 3.99. The van der Waals surface area contributed by atoms with Gasteiger partial charge in [-0.3, -0.25) is 10.1 Å². The molecule has 1 aromatic carbocycles. The molecule has 110 valence electrons. The second kappa shape index (κ2) is 7.51. The number of nitrogens with one attached hydrogen (secondary N) is 1. The van der Waals surface area contributed by atoms with Crippen LogP contribution in [0.2, 0.25) is 0 Å². The molecule has 0 saturated carbocycles. The Labute approximate surface area is 125 Å². The van der Waals surface area contributed by atoms with Crippen molar-refractivity contribution in [1.29, 1.82) is 0 Å². The lowest BCUT2D eigenvalue weighted by Gasteiger charge is -2.03. The van der Waals surface area contributed by atoms with Gasteiger partial charge < -0.3 is 9.47 Å². The van der Waals surface area contributed by atoms with Gasteiger partial charge in [0.1, 0.15) is 6.61 Å². The highest BCUT2D eigenvalue weighted by atomic mass is 32.1. The average Bonchev–Trinajstić information content (AvgIpc) is 2.97. The number of benzene rings is 1. The molecule has 0 atom stereocenters. The lowest BCUT2D eigenvalue weighted by molar-refractivity contribution is -0.153. The smallest absolute Gasteiger partial charge is 0.397 e. The quantitative estimate of drug-likeness (QED) is 0.519. The van der Waals surface area contributed by atoms with E-state index >= 15 is 0 Å². The molecule has 1 N–H and O–H groups in total. The third kappa shape index (κ3) is 4.37. The Kier molecular flexibility index (Phi) is 5.42. The molecule has 0 bridgehead atoms. The first-order valence-corrected chi connectivity index (χ1v) is 7.06. The summed E-state index contributed by atoms with van der Waals surface area (Å²) in [6, 6.07) is 9.55. The highest BCUT2D eigenvalue weighted by Crippen LogP contribution is 2.24. The van der Waals surface area contributed by atoms with Crippen molar-refractivity contribution in [2.24, 2.45) is 0 Å². The Morgan fingerprint density at radius 2 is 2.00 bits per heavy atom. The molecule has 7 heteroatoms. The number of hydrogen-bond acceptors (Lipinski definition) is 6. The number of carbonyl (C=O) groups excluding carboxylic acids is 2. The normalized spacial score (nSPS) is 10.1. The summed E-state index contributed by atoms with van der Waals surface area (Å²) in [4.78, 5) is 27.2. The molecular formula is C14H14N2O4S. The molecule has 2 aromatic rings. The Morgan fingerprint density at radius 1 is 1.24 bits per heavy atom. The van der Waals surface area contributed by atoms with Crippen molar-refractivity contribution in [2.75, 3.05) is 25.6 Å². The number of nitrogens with zero attached hydrogens (tertiary/aromatic N) is 1. The van der Waals surface area contributed by atoms with Gasteiger partial charge in [-0.05, 0) is 0 Å². The van der Waals surface area contributed by atoms with Crippen molar-refractivity contribution in [3.63, 3.8) is 0 Å². The number of ether oxygens (including phenoxy) is 2. The van der Waals surface area contributed by atoms with Crippen molar-refractivity contribution < 1.29 is 19.1 Å². The van der Waals surface area contributed by atoms with Gasteiger partial charge in [0.15, 0.2) is 5.13 Å². The van der Waals surface area contributed by atoms with E-state index in [0.29, 0.717) is 5.13 Å². The van der Waals surface area contributed by atoms with Crippen LogP contribution < -0.4 is 5.32 Å². The van der Waals surface area contributed by atoms with E-state index in [9.17, 15) is 9.59 Å². The van der Waals surface area contributed by atoms with E-state index in [0.717, 1.165) is 11.3 Å². The third-order valence-electron chi connectivity index (χ3n) is 2.50. The zero-order chi connectivity index (χ0) is 15.1. The molecule has 21 heavy (non-hydrogen) atoms. The number of thiazole rings is 1. The summed E-state index contributed by atoms with van der Waals surface area (Å²) in [5.41, 5.74) is 1.68.